The van der Waals surface area contributed by atoms with Crippen LogP contribution in [-0.4, -0.2) is 26.1 Å². The molecule has 0 radical (unpaired) electrons. The Bertz CT molecular complexity index is 1000. The number of para-hydroxylation sites is 1. The van der Waals surface area contributed by atoms with Gasteiger partial charge in [0.2, 0.25) is 0 Å². The Kier molecular flexibility index (Phi) is 2.94. The van der Waals surface area contributed by atoms with E-state index in [0.29, 0.717) is 16.9 Å². The number of H-pyrrole nitrogens is 2. The molecule has 0 aliphatic heterocycles. The number of aromatic nitrogens is 4. The van der Waals surface area contributed by atoms with Crippen molar-refractivity contribution in [1.29, 1.82) is 0 Å². The van der Waals surface area contributed by atoms with Gasteiger partial charge in [-0.2, -0.15) is 5.10 Å². The van der Waals surface area contributed by atoms with E-state index in [2.05, 4.69) is 20.2 Å². The van der Waals surface area contributed by atoms with Crippen LogP contribution in [0, 0.1) is 0 Å². The van der Waals surface area contributed by atoms with Crippen molar-refractivity contribution in [3.05, 3.63) is 60.3 Å². The maximum absolute atomic E-state index is 11.5. The molecule has 6 nitrogen and oxygen atoms in total. The fourth-order valence-corrected chi connectivity index (χ4v) is 2.65. The minimum atomic E-state index is -0.496. The van der Waals surface area contributed by atoms with Crippen LogP contribution < -0.4 is 5.73 Å². The lowest BCUT2D eigenvalue weighted by atomic mass is 10.1. The third kappa shape index (κ3) is 2.17. The van der Waals surface area contributed by atoms with Crippen molar-refractivity contribution in [3.8, 4) is 22.6 Å². The summed E-state index contributed by atoms with van der Waals surface area (Å²) < 4.78 is 0. The first-order chi connectivity index (χ1) is 11.2. The van der Waals surface area contributed by atoms with Gasteiger partial charge in [0.25, 0.3) is 5.91 Å². The van der Waals surface area contributed by atoms with Crippen LogP contribution in [0.25, 0.3) is 33.7 Å². The molecular formula is C17H13N5O. The number of nitrogens with two attached hydrogens (primary N) is 1. The summed E-state index contributed by atoms with van der Waals surface area (Å²) in [5.74, 6) is 0.144. The summed E-state index contributed by atoms with van der Waals surface area (Å²) in [7, 11) is 0. The molecule has 112 valence electrons. The van der Waals surface area contributed by atoms with Gasteiger partial charge < -0.3 is 10.7 Å². The second-order valence-electron chi connectivity index (χ2n) is 5.16. The quantitative estimate of drug-likeness (QED) is 0.542. The highest BCUT2D eigenvalue weighted by molar-refractivity contribution is 6.04. The summed E-state index contributed by atoms with van der Waals surface area (Å²) in [4.78, 5) is 19.3. The number of primary amides is 1. The van der Waals surface area contributed by atoms with Crippen LogP contribution in [-0.2, 0) is 0 Å². The Morgan fingerprint density at radius 3 is 2.65 bits per heavy atom. The molecule has 0 atom stereocenters. The number of hydrogen-bond acceptors (Lipinski definition) is 3. The summed E-state index contributed by atoms with van der Waals surface area (Å²) in [6.45, 7) is 0. The van der Waals surface area contributed by atoms with Crippen LogP contribution in [0.3, 0.4) is 0 Å². The highest BCUT2D eigenvalue weighted by atomic mass is 16.1. The van der Waals surface area contributed by atoms with Crippen LogP contribution in [0.4, 0.5) is 0 Å². The van der Waals surface area contributed by atoms with Crippen molar-refractivity contribution in [3.63, 3.8) is 0 Å². The fraction of sp³-hybridized carbons (Fsp3) is 0. The summed E-state index contributed by atoms with van der Waals surface area (Å²) >= 11 is 0. The van der Waals surface area contributed by atoms with Gasteiger partial charge in [-0.3, -0.25) is 9.89 Å². The van der Waals surface area contributed by atoms with Crippen molar-refractivity contribution in [2.45, 2.75) is 0 Å². The second-order valence-corrected chi connectivity index (χ2v) is 5.16. The molecule has 0 aliphatic carbocycles. The zero-order valence-corrected chi connectivity index (χ0v) is 12.1. The normalized spacial score (nSPS) is 11.0. The average Bonchev–Trinajstić information content (AvgIpc) is 3.21. The molecule has 4 aromatic rings. The number of benzene rings is 2. The highest BCUT2D eigenvalue weighted by Gasteiger charge is 2.16. The number of imidazole rings is 1. The minimum absolute atomic E-state index is 0.398. The minimum Gasteiger partial charge on any atom is -0.366 e. The van der Waals surface area contributed by atoms with Crippen molar-refractivity contribution < 1.29 is 4.79 Å². The molecular weight excluding hydrogens is 290 g/mol. The molecule has 0 aliphatic rings. The van der Waals surface area contributed by atoms with Crippen molar-refractivity contribution in [2.75, 3.05) is 0 Å². The molecule has 0 spiro atoms. The van der Waals surface area contributed by atoms with Gasteiger partial charge in [0.05, 0.1) is 16.6 Å². The zero-order valence-electron chi connectivity index (χ0n) is 12.1. The maximum atomic E-state index is 11.5. The molecule has 0 saturated heterocycles. The van der Waals surface area contributed by atoms with Crippen molar-refractivity contribution >= 4 is 16.9 Å². The van der Waals surface area contributed by atoms with Crippen LogP contribution in [0.15, 0.2) is 54.7 Å². The number of fused-ring (bicyclic) bond motifs is 1. The highest BCUT2D eigenvalue weighted by Crippen LogP contribution is 2.30. The number of carbonyl (C=O) groups is 1. The van der Waals surface area contributed by atoms with Crippen molar-refractivity contribution in [2.24, 2.45) is 5.73 Å². The van der Waals surface area contributed by atoms with E-state index in [0.717, 1.165) is 22.3 Å². The molecule has 2 aromatic heterocycles. The Balaban J connectivity index is 1.90. The Morgan fingerprint density at radius 1 is 1.04 bits per heavy atom. The number of nitrogens with one attached hydrogen (secondary N) is 2. The monoisotopic (exact) mass is 303 g/mol. The number of amides is 1. The number of hydrogen-bond donors (Lipinski definition) is 3. The largest absolute Gasteiger partial charge is 0.366 e. The fourth-order valence-electron chi connectivity index (χ4n) is 2.65. The average molecular weight is 303 g/mol. The first-order valence-corrected chi connectivity index (χ1v) is 7.12. The molecule has 4 N–H and O–H groups in total. The van der Waals surface area contributed by atoms with Gasteiger partial charge in [-0.25, -0.2) is 4.98 Å². The second kappa shape index (κ2) is 5.10. The van der Waals surface area contributed by atoms with E-state index in [4.69, 9.17) is 5.73 Å². The van der Waals surface area contributed by atoms with E-state index in [9.17, 15) is 4.79 Å². The maximum Gasteiger partial charge on any atom is 0.250 e. The third-order valence-corrected chi connectivity index (χ3v) is 3.72. The first-order valence-electron chi connectivity index (χ1n) is 7.12. The molecule has 1 amide bonds. The topological polar surface area (TPSA) is 100 Å². The Morgan fingerprint density at radius 2 is 1.87 bits per heavy atom. The Hall–Kier alpha value is -3.41. The number of nitrogens with zero attached hydrogens (tertiary/aromatic N) is 2. The molecule has 0 saturated carbocycles. The van der Waals surface area contributed by atoms with Gasteiger partial charge in [-0.05, 0) is 12.1 Å². The SMILES string of the molecule is NC(=O)c1cccc2[nH]c(-c3c[nH]nc3-c3ccccc3)nc12. The molecule has 0 unspecified atom stereocenters. The zero-order chi connectivity index (χ0) is 15.8. The Labute approximate surface area is 131 Å². The van der Waals surface area contributed by atoms with Gasteiger partial charge in [-0.15, -0.1) is 0 Å². The van der Waals surface area contributed by atoms with E-state index < -0.39 is 5.91 Å². The summed E-state index contributed by atoms with van der Waals surface area (Å²) in [6.07, 6.45) is 1.78. The smallest absolute Gasteiger partial charge is 0.250 e. The predicted molar refractivity (Wildman–Crippen MR) is 87.6 cm³/mol. The van der Waals surface area contributed by atoms with Gasteiger partial charge in [0, 0.05) is 11.8 Å². The molecule has 0 bridgehead atoms. The molecule has 4 rings (SSSR count). The molecule has 0 fully saturated rings. The van der Waals surface area contributed by atoms with Crippen LogP contribution in [0.1, 0.15) is 10.4 Å². The van der Waals surface area contributed by atoms with E-state index in [1.54, 1.807) is 18.3 Å². The van der Waals surface area contributed by atoms with Crippen LogP contribution >= 0.6 is 0 Å². The van der Waals surface area contributed by atoms with E-state index in [-0.39, 0.29) is 0 Å². The van der Waals surface area contributed by atoms with Crippen LogP contribution in [0.5, 0.6) is 0 Å². The third-order valence-electron chi connectivity index (χ3n) is 3.72. The number of carbonyl (C=O) groups excluding carboxylic acids is 1. The molecule has 23 heavy (non-hydrogen) atoms. The lowest BCUT2D eigenvalue weighted by Crippen LogP contribution is -2.11. The summed E-state index contributed by atoms with van der Waals surface area (Å²) in [5, 5.41) is 7.19. The lowest BCUT2D eigenvalue weighted by Gasteiger charge is -1.99. The van der Waals surface area contributed by atoms with Gasteiger partial charge in [-0.1, -0.05) is 36.4 Å². The summed E-state index contributed by atoms with van der Waals surface area (Å²) in [5.41, 5.74) is 9.76. The first kappa shape index (κ1) is 13.3. The van der Waals surface area contributed by atoms with Gasteiger partial charge in [0.1, 0.15) is 17.0 Å². The molecule has 2 heterocycles. The van der Waals surface area contributed by atoms with Crippen LogP contribution in [0.2, 0.25) is 0 Å². The van der Waals surface area contributed by atoms with E-state index in [1.165, 1.54) is 0 Å². The number of aromatic amines is 2. The predicted octanol–water partition coefficient (Wildman–Crippen LogP) is 2.72. The number of rotatable bonds is 3. The van der Waals surface area contributed by atoms with Gasteiger partial charge in [0.15, 0.2) is 0 Å². The standard InChI is InChI=1S/C17H13N5O/c18-16(23)11-7-4-8-13-15(11)21-17(20-13)12-9-19-22-14(12)10-5-2-1-3-6-10/h1-9H,(H2,18,23)(H,19,22)(H,20,21). The van der Waals surface area contributed by atoms with Crippen molar-refractivity contribution in [1.82, 2.24) is 20.2 Å². The van der Waals surface area contributed by atoms with Gasteiger partial charge >= 0.3 is 0 Å². The van der Waals surface area contributed by atoms with E-state index >= 15 is 0 Å². The summed E-state index contributed by atoms with van der Waals surface area (Å²) in [6, 6.07) is 15.1. The van der Waals surface area contributed by atoms with E-state index in [1.807, 2.05) is 36.4 Å². The molecule has 6 heteroatoms. The molecule has 2 aromatic carbocycles. The lowest BCUT2D eigenvalue weighted by molar-refractivity contribution is 0.100.